The molecule has 0 bridgehead atoms. The SMILES string of the molecule is O=C(COc1cccc2c1CCCC2O)Nc1ccccc1-c1ccccc1. The molecular formula is C24H23NO3. The largest absolute Gasteiger partial charge is 0.483 e. The first-order valence-corrected chi connectivity index (χ1v) is 9.59. The second kappa shape index (κ2) is 8.28. The summed E-state index contributed by atoms with van der Waals surface area (Å²) >= 11 is 0. The van der Waals surface area contributed by atoms with Gasteiger partial charge in [0.1, 0.15) is 5.75 Å². The van der Waals surface area contributed by atoms with Gasteiger partial charge in [-0.15, -0.1) is 0 Å². The van der Waals surface area contributed by atoms with Gasteiger partial charge in [-0.3, -0.25) is 4.79 Å². The first-order chi connectivity index (χ1) is 13.7. The maximum absolute atomic E-state index is 12.5. The third-order valence-electron chi connectivity index (χ3n) is 5.08. The Bertz CT molecular complexity index is 969. The van der Waals surface area contributed by atoms with Gasteiger partial charge in [-0.1, -0.05) is 60.7 Å². The Morgan fingerprint density at radius 1 is 1.00 bits per heavy atom. The zero-order chi connectivity index (χ0) is 19.3. The molecule has 0 fully saturated rings. The summed E-state index contributed by atoms with van der Waals surface area (Å²) in [5.41, 5.74) is 4.70. The summed E-state index contributed by atoms with van der Waals surface area (Å²) in [4.78, 5) is 12.5. The van der Waals surface area contributed by atoms with E-state index in [0.29, 0.717) is 5.75 Å². The number of amides is 1. The van der Waals surface area contributed by atoms with Crippen LogP contribution in [0.4, 0.5) is 5.69 Å². The first kappa shape index (κ1) is 18.3. The zero-order valence-corrected chi connectivity index (χ0v) is 15.6. The second-order valence-electron chi connectivity index (χ2n) is 6.98. The number of benzene rings is 3. The monoisotopic (exact) mass is 373 g/mol. The van der Waals surface area contributed by atoms with E-state index in [0.717, 1.165) is 47.2 Å². The quantitative estimate of drug-likeness (QED) is 0.679. The van der Waals surface area contributed by atoms with Crippen molar-refractivity contribution in [1.82, 2.24) is 0 Å². The normalized spacial score (nSPS) is 15.5. The number of carbonyl (C=O) groups is 1. The summed E-state index contributed by atoms with van der Waals surface area (Å²) in [5.74, 6) is 0.472. The van der Waals surface area contributed by atoms with Gasteiger partial charge in [-0.05, 0) is 48.1 Å². The van der Waals surface area contributed by atoms with E-state index in [4.69, 9.17) is 4.74 Å². The van der Waals surface area contributed by atoms with E-state index >= 15 is 0 Å². The number of aliphatic hydroxyl groups is 1. The Hall–Kier alpha value is -3.11. The molecule has 28 heavy (non-hydrogen) atoms. The lowest BCUT2D eigenvalue weighted by Gasteiger charge is -2.23. The number of fused-ring (bicyclic) bond motifs is 1. The summed E-state index contributed by atoms with van der Waals surface area (Å²) in [6.07, 6.45) is 2.11. The summed E-state index contributed by atoms with van der Waals surface area (Å²) in [6, 6.07) is 23.3. The molecule has 0 saturated carbocycles. The van der Waals surface area contributed by atoms with E-state index in [1.165, 1.54) is 0 Å². The van der Waals surface area contributed by atoms with Crippen LogP contribution in [0.15, 0.2) is 72.8 Å². The first-order valence-electron chi connectivity index (χ1n) is 9.59. The fraction of sp³-hybridized carbons (Fsp3) is 0.208. The van der Waals surface area contributed by atoms with Crippen LogP contribution in [-0.2, 0) is 11.2 Å². The highest BCUT2D eigenvalue weighted by Crippen LogP contribution is 2.35. The molecule has 0 saturated heterocycles. The molecule has 1 aliphatic carbocycles. The number of hydrogen-bond acceptors (Lipinski definition) is 3. The number of anilines is 1. The summed E-state index contributed by atoms with van der Waals surface area (Å²) in [5, 5.41) is 13.1. The predicted octanol–water partition coefficient (Wildman–Crippen LogP) is 4.74. The predicted molar refractivity (Wildman–Crippen MR) is 110 cm³/mol. The van der Waals surface area contributed by atoms with Crippen LogP contribution in [0.25, 0.3) is 11.1 Å². The van der Waals surface area contributed by atoms with Crippen LogP contribution < -0.4 is 10.1 Å². The van der Waals surface area contributed by atoms with Crippen molar-refractivity contribution >= 4 is 11.6 Å². The summed E-state index contributed by atoms with van der Waals surface area (Å²) in [6.45, 7) is -0.0737. The topological polar surface area (TPSA) is 58.6 Å². The van der Waals surface area contributed by atoms with Crippen LogP contribution in [0.2, 0.25) is 0 Å². The second-order valence-corrected chi connectivity index (χ2v) is 6.98. The van der Waals surface area contributed by atoms with Gasteiger partial charge in [0.05, 0.1) is 6.10 Å². The zero-order valence-electron chi connectivity index (χ0n) is 15.6. The number of nitrogens with one attached hydrogen (secondary N) is 1. The molecule has 1 amide bonds. The number of hydrogen-bond donors (Lipinski definition) is 2. The van der Waals surface area contributed by atoms with Crippen molar-refractivity contribution in [1.29, 1.82) is 0 Å². The van der Waals surface area contributed by atoms with Crippen LogP contribution in [0.5, 0.6) is 5.75 Å². The van der Waals surface area contributed by atoms with E-state index in [9.17, 15) is 9.90 Å². The van der Waals surface area contributed by atoms with Crippen molar-refractivity contribution in [3.8, 4) is 16.9 Å². The fourth-order valence-electron chi connectivity index (χ4n) is 3.72. The Kier molecular flexibility index (Phi) is 5.40. The molecule has 2 N–H and O–H groups in total. The maximum atomic E-state index is 12.5. The van der Waals surface area contributed by atoms with Gasteiger partial charge in [0.25, 0.3) is 5.91 Å². The molecular weight excluding hydrogens is 350 g/mol. The van der Waals surface area contributed by atoms with E-state index in [1.807, 2.05) is 72.8 Å². The van der Waals surface area contributed by atoms with Crippen LogP contribution >= 0.6 is 0 Å². The molecule has 0 aliphatic heterocycles. The minimum absolute atomic E-state index is 0.0737. The maximum Gasteiger partial charge on any atom is 0.262 e. The Labute approximate surface area is 164 Å². The average Bonchev–Trinajstić information content (AvgIpc) is 2.74. The molecule has 4 nitrogen and oxygen atoms in total. The van der Waals surface area contributed by atoms with Crippen molar-refractivity contribution < 1.29 is 14.6 Å². The molecule has 1 aliphatic rings. The van der Waals surface area contributed by atoms with E-state index in [2.05, 4.69) is 5.32 Å². The third kappa shape index (κ3) is 3.92. The van der Waals surface area contributed by atoms with Crippen molar-refractivity contribution in [3.63, 3.8) is 0 Å². The lowest BCUT2D eigenvalue weighted by Crippen LogP contribution is -2.21. The number of carbonyl (C=O) groups excluding carboxylic acids is 1. The molecule has 1 atom stereocenters. The molecule has 0 heterocycles. The van der Waals surface area contributed by atoms with Crippen molar-refractivity contribution in [3.05, 3.63) is 83.9 Å². The Balaban J connectivity index is 1.46. The molecule has 0 radical (unpaired) electrons. The van der Waals surface area contributed by atoms with Crippen LogP contribution in [0, 0.1) is 0 Å². The molecule has 4 rings (SSSR count). The standard InChI is InChI=1S/C24H23NO3/c26-22-14-6-12-20-19(22)11-7-15-23(20)28-16-24(27)25-21-13-5-4-10-18(21)17-8-2-1-3-9-17/h1-5,7-11,13,15,22,26H,6,12,14,16H2,(H,25,27). The highest BCUT2D eigenvalue weighted by Gasteiger charge is 2.21. The van der Waals surface area contributed by atoms with Gasteiger partial charge < -0.3 is 15.2 Å². The highest BCUT2D eigenvalue weighted by atomic mass is 16.5. The lowest BCUT2D eigenvalue weighted by atomic mass is 9.89. The average molecular weight is 373 g/mol. The van der Waals surface area contributed by atoms with Gasteiger partial charge >= 0.3 is 0 Å². The summed E-state index contributed by atoms with van der Waals surface area (Å²) < 4.78 is 5.81. The van der Waals surface area contributed by atoms with Gasteiger partial charge in [0.2, 0.25) is 0 Å². The molecule has 3 aromatic carbocycles. The van der Waals surface area contributed by atoms with Gasteiger partial charge in [0, 0.05) is 11.3 Å². The van der Waals surface area contributed by atoms with Crippen LogP contribution in [-0.4, -0.2) is 17.6 Å². The number of para-hydroxylation sites is 1. The number of rotatable bonds is 5. The Morgan fingerprint density at radius 3 is 2.64 bits per heavy atom. The minimum Gasteiger partial charge on any atom is -0.483 e. The van der Waals surface area contributed by atoms with Crippen LogP contribution in [0.3, 0.4) is 0 Å². The van der Waals surface area contributed by atoms with Crippen LogP contribution in [0.1, 0.15) is 30.1 Å². The smallest absolute Gasteiger partial charge is 0.262 e. The number of aliphatic hydroxyl groups excluding tert-OH is 1. The van der Waals surface area contributed by atoms with Crippen molar-refractivity contribution in [2.45, 2.75) is 25.4 Å². The van der Waals surface area contributed by atoms with E-state index < -0.39 is 6.10 Å². The summed E-state index contributed by atoms with van der Waals surface area (Å²) in [7, 11) is 0. The fourth-order valence-corrected chi connectivity index (χ4v) is 3.72. The van der Waals surface area contributed by atoms with Gasteiger partial charge in [-0.2, -0.15) is 0 Å². The molecule has 0 spiro atoms. The molecule has 1 unspecified atom stereocenters. The molecule has 0 aromatic heterocycles. The van der Waals surface area contributed by atoms with Gasteiger partial charge in [0.15, 0.2) is 6.61 Å². The minimum atomic E-state index is -0.445. The van der Waals surface area contributed by atoms with Gasteiger partial charge in [-0.25, -0.2) is 0 Å². The molecule has 3 aromatic rings. The van der Waals surface area contributed by atoms with E-state index in [1.54, 1.807) is 0 Å². The van der Waals surface area contributed by atoms with Crippen molar-refractivity contribution in [2.75, 3.05) is 11.9 Å². The van der Waals surface area contributed by atoms with E-state index in [-0.39, 0.29) is 12.5 Å². The molecule has 142 valence electrons. The molecule has 4 heteroatoms. The third-order valence-corrected chi connectivity index (χ3v) is 5.08. The Morgan fingerprint density at radius 2 is 1.79 bits per heavy atom. The highest BCUT2D eigenvalue weighted by molar-refractivity contribution is 5.96. The number of ether oxygens (including phenoxy) is 1. The van der Waals surface area contributed by atoms with Crippen molar-refractivity contribution in [2.24, 2.45) is 0 Å². The lowest BCUT2D eigenvalue weighted by molar-refractivity contribution is -0.118.